The lowest BCUT2D eigenvalue weighted by Gasteiger charge is -2.08. The van der Waals surface area contributed by atoms with Crippen LogP contribution in [-0.4, -0.2) is 23.5 Å². The number of nitrogens with zero attached hydrogens (tertiary/aromatic N) is 2. The lowest BCUT2D eigenvalue weighted by molar-refractivity contribution is -0.138. The van der Waals surface area contributed by atoms with Gasteiger partial charge in [-0.15, -0.1) is 0 Å². The molecule has 0 radical (unpaired) electrons. The van der Waals surface area contributed by atoms with Crippen molar-refractivity contribution in [1.29, 1.82) is 5.26 Å². The summed E-state index contributed by atoms with van der Waals surface area (Å²) in [4.78, 5) is 27.3. The largest absolute Gasteiger partial charge is 0.462 e. The van der Waals surface area contributed by atoms with Gasteiger partial charge in [0.2, 0.25) is 5.91 Å². The standard InChI is InChI=1S/C14H16N4O3/c1-3-21-14(20)10(8-15)11(16)7-12(19)18-13-9(2)5-4-6-17-13/h4-6H,3,7,16H2,1-2H3,(H,17,18,19)/b11-10-. The van der Waals surface area contributed by atoms with Crippen molar-refractivity contribution in [2.75, 3.05) is 11.9 Å². The van der Waals surface area contributed by atoms with Gasteiger partial charge >= 0.3 is 5.97 Å². The Balaban J connectivity index is 2.80. The highest BCUT2D eigenvalue weighted by atomic mass is 16.5. The van der Waals surface area contributed by atoms with Crippen molar-refractivity contribution in [1.82, 2.24) is 4.98 Å². The van der Waals surface area contributed by atoms with Crippen LogP contribution in [-0.2, 0) is 14.3 Å². The van der Waals surface area contributed by atoms with Crippen molar-refractivity contribution in [3.63, 3.8) is 0 Å². The van der Waals surface area contributed by atoms with Gasteiger partial charge in [-0.25, -0.2) is 9.78 Å². The minimum Gasteiger partial charge on any atom is -0.462 e. The molecule has 21 heavy (non-hydrogen) atoms. The Morgan fingerprint density at radius 1 is 1.52 bits per heavy atom. The summed E-state index contributed by atoms with van der Waals surface area (Å²) in [6.07, 6.45) is 1.25. The Labute approximate surface area is 122 Å². The molecule has 0 aromatic carbocycles. The first-order valence-electron chi connectivity index (χ1n) is 6.26. The zero-order valence-corrected chi connectivity index (χ0v) is 11.8. The highest BCUT2D eigenvalue weighted by Gasteiger charge is 2.17. The van der Waals surface area contributed by atoms with E-state index in [0.29, 0.717) is 5.82 Å². The maximum Gasteiger partial charge on any atom is 0.350 e. The average Bonchev–Trinajstić information content (AvgIpc) is 2.42. The molecule has 0 aliphatic carbocycles. The Hall–Kier alpha value is -2.88. The van der Waals surface area contributed by atoms with E-state index in [0.717, 1.165) is 5.56 Å². The maximum absolute atomic E-state index is 11.8. The van der Waals surface area contributed by atoms with Gasteiger partial charge < -0.3 is 15.8 Å². The molecule has 110 valence electrons. The molecule has 0 fully saturated rings. The van der Waals surface area contributed by atoms with Gasteiger partial charge in [0.1, 0.15) is 11.9 Å². The molecule has 0 saturated heterocycles. The number of hydrogen-bond donors (Lipinski definition) is 2. The molecule has 1 amide bonds. The number of ether oxygens (including phenoxy) is 1. The topological polar surface area (TPSA) is 118 Å². The van der Waals surface area contributed by atoms with Crippen LogP contribution in [0.1, 0.15) is 18.9 Å². The number of pyridine rings is 1. The van der Waals surface area contributed by atoms with Crippen molar-refractivity contribution in [2.45, 2.75) is 20.3 Å². The molecule has 0 atom stereocenters. The fourth-order valence-electron chi connectivity index (χ4n) is 1.51. The van der Waals surface area contributed by atoms with Crippen molar-refractivity contribution in [2.24, 2.45) is 5.73 Å². The minimum absolute atomic E-state index is 0.122. The molecule has 7 heteroatoms. The fraction of sp³-hybridized carbons (Fsp3) is 0.286. The van der Waals surface area contributed by atoms with Crippen LogP contribution in [0.15, 0.2) is 29.6 Å². The van der Waals surface area contributed by atoms with E-state index >= 15 is 0 Å². The second-order valence-electron chi connectivity index (χ2n) is 4.13. The third-order valence-corrected chi connectivity index (χ3v) is 2.53. The first kappa shape index (κ1) is 16.2. The number of aromatic nitrogens is 1. The summed E-state index contributed by atoms with van der Waals surface area (Å²) < 4.78 is 4.69. The van der Waals surface area contributed by atoms with E-state index in [9.17, 15) is 9.59 Å². The third-order valence-electron chi connectivity index (χ3n) is 2.53. The van der Waals surface area contributed by atoms with Gasteiger partial charge in [-0.3, -0.25) is 4.79 Å². The van der Waals surface area contributed by atoms with Crippen LogP contribution in [0, 0.1) is 18.3 Å². The van der Waals surface area contributed by atoms with Crippen LogP contribution in [0.25, 0.3) is 0 Å². The van der Waals surface area contributed by atoms with Gasteiger partial charge in [0, 0.05) is 11.9 Å². The SMILES string of the molecule is CCOC(=O)/C(C#N)=C(\N)CC(=O)Nc1ncccc1C. The summed E-state index contributed by atoms with van der Waals surface area (Å²) in [6, 6.07) is 5.19. The first-order chi connectivity index (χ1) is 9.99. The van der Waals surface area contributed by atoms with E-state index in [2.05, 4.69) is 10.3 Å². The van der Waals surface area contributed by atoms with Crippen molar-refractivity contribution < 1.29 is 14.3 Å². The van der Waals surface area contributed by atoms with E-state index in [1.807, 2.05) is 0 Å². The number of nitrogens with one attached hydrogen (secondary N) is 1. The van der Waals surface area contributed by atoms with E-state index < -0.39 is 11.9 Å². The van der Waals surface area contributed by atoms with E-state index in [4.69, 9.17) is 15.7 Å². The maximum atomic E-state index is 11.8. The molecular weight excluding hydrogens is 272 g/mol. The quantitative estimate of drug-likeness (QED) is 0.474. The number of aryl methyl sites for hydroxylation is 1. The summed E-state index contributed by atoms with van der Waals surface area (Å²) in [5.74, 6) is -0.893. The predicted molar refractivity (Wildman–Crippen MR) is 75.7 cm³/mol. The highest BCUT2D eigenvalue weighted by Crippen LogP contribution is 2.11. The van der Waals surface area contributed by atoms with Gasteiger partial charge in [-0.05, 0) is 25.5 Å². The predicted octanol–water partition coefficient (Wildman–Crippen LogP) is 1.02. The Morgan fingerprint density at radius 3 is 2.81 bits per heavy atom. The number of hydrogen-bond acceptors (Lipinski definition) is 6. The molecular formula is C14H16N4O3. The zero-order chi connectivity index (χ0) is 15.8. The number of carbonyl (C=O) groups excluding carboxylic acids is 2. The molecule has 1 rings (SSSR count). The second-order valence-corrected chi connectivity index (χ2v) is 4.13. The molecule has 1 aromatic rings. The summed E-state index contributed by atoms with van der Waals surface area (Å²) >= 11 is 0. The van der Waals surface area contributed by atoms with Gasteiger partial charge in [0.25, 0.3) is 0 Å². The molecule has 0 saturated carbocycles. The summed E-state index contributed by atoms with van der Waals surface area (Å²) in [5, 5.41) is 11.5. The number of amides is 1. The van der Waals surface area contributed by atoms with Crippen LogP contribution in [0.3, 0.4) is 0 Å². The van der Waals surface area contributed by atoms with Crippen molar-refractivity contribution in [3.05, 3.63) is 35.2 Å². The van der Waals surface area contributed by atoms with E-state index in [1.54, 1.807) is 38.2 Å². The molecule has 0 aliphatic heterocycles. The molecule has 0 bridgehead atoms. The smallest absolute Gasteiger partial charge is 0.350 e. The fourth-order valence-corrected chi connectivity index (χ4v) is 1.51. The number of carbonyl (C=O) groups is 2. The van der Waals surface area contributed by atoms with Crippen LogP contribution >= 0.6 is 0 Å². The van der Waals surface area contributed by atoms with Crippen LogP contribution in [0.5, 0.6) is 0 Å². The lowest BCUT2D eigenvalue weighted by atomic mass is 10.1. The number of anilines is 1. The Kier molecular flexibility index (Phi) is 5.89. The molecule has 0 aliphatic rings. The molecule has 7 nitrogen and oxygen atoms in total. The van der Waals surface area contributed by atoms with Crippen LogP contribution in [0.4, 0.5) is 5.82 Å². The zero-order valence-electron chi connectivity index (χ0n) is 11.8. The summed E-state index contributed by atoms with van der Waals surface area (Å²) in [6.45, 7) is 3.53. The summed E-state index contributed by atoms with van der Waals surface area (Å²) in [5.41, 5.74) is 5.92. The van der Waals surface area contributed by atoms with Gasteiger partial charge in [-0.2, -0.15) is 5.26 Å². The van der Waals surface area contributed by atoms with Crippen LogP contribution < -0.4 is 11.1 Å². The monoisotopic (exact) mass is 288 g/mol. The van der Waals surface area contributed by atoms with Gasteiger partial charge in [-0.1, -0.05) is 6.07 Å². The lowest BCUT2D eigenvalue weighted by Crippen LogP contribution is -2.20. The summed E-state index contributed by atoms with van der Waals surface area (Å²) in [7, 11) is 0. The van der Waals surface area contributed by atoms with E-state index in [-0.39, 0.29) is 24.3 Å². The highest BCUT2D eigenvalue weighted by molar-refractivity contribution is 5.97. The number of rotatable bonds is 5. The van der Waals surface area contributed by atoms with Gasteiger partial charge in [0.15, 0.2) is 5.57 Å². The van der Waals surface area contributed by atoms with Crippen LogP contribution in [0.2, 0.25) is 0 Å². The molecule has 1 heterocycles. The molecule has 0 unspecified atom stereocenters. The number of nitriles is 1. The normalized spacial score (nSPS) is 11.1. The van der Waals surface area contributed by atoms with E-state index in [1.165, 1.54) is 0 Å². The first-order valence-corrected chi connectivity index (χ1v) is 6.26. The molecule has 1 aromatic heterocycles. The average molecular weight is 288 g/mol. The number of esters is 1. The Morgan fingerprint density at radius 2 is 2.24 bits per heavy atom. The third kappa shape index (κ3) is 4.62. The Bertz CT molecular complexity index is 617. The number of nitrogens with two attached hydrogens (primary N) is 1. The second kappa shape index (κ2) is 7.65. The minimum atomic E-state index is -0.834. The molecule has 0 spiro atoms. The molecule has 3 N–H and O–H groups in total. The van der Waals surface area contributed by atoms with Gasteiger partial charge in [0.05, 0.1) is 13.0 Å². The van der Waals surface area contributed by atoms with Crippen molar-refractivity contribution >= 4 is 17.7 Å². The van der Waals surface area contributed by atoms with Crippen molar-refractivity contribution in [3.8, 4) is 6.07 Å².